The quantitative estimate of drug-likeness (QED) is 0.686. The fraction of sp³-hybridized carbons (Fsp3) is 0.200. The van der Waals surface area contributed by atoms with E-state index in [1.165, 1.54) is 6.20 Å². The lowest BCUT2D eigenvalue weighted by molar-refractivity contribution is 1.03. The number of hydrogen-bond acceptors (Lipinski definition) is 2. The van der Waals surface area contributed by atoms with E-state index in [4.69, 9.17) is 23.2 Å². The molecule has 0 saturated heterocycles. The Morgan fingerprint density at radius 3 is 2.79 bits per heavy atom. The highest BCUT2D eigenvalue weighted by Crippen LogP contribution is 2.26. The van der Waals surface area contributed by atoms with E-state index in [0.717, 1.165) is 18.4 Å². The summed E-state index contributed by atoms with van der Waals surface area (Å²) in [5.74, 6) is 0. The molecule has 1 aromatic heterocycles. The van der Waals surface area contributed by atoms with Crippen LogP contribution in [-0.4, -0.2) is 9.97 Å². The van der Waals surface area contributed by atoms with Crippen LogP contribution in [0.15, 0.2) is 24.4 Å². The molecule has 0 N–H and O–H groups in total. The van der Waals surface area contributed by atoms with Gasteiger partial charge >= 0.3 is 0 Å². The van der Waals surface area contributed by atoms with Gasteiger partial charge in [-0.15, -0.1) is 0 Å². The zero-order valence-corrected chi connectivity index (χ0v) is 8.89. The fourth-order valence-electron chi connectivity index (χ4n) is 1.34. The zero-order chi connectivity index (χ0) is 9.97. The van der Waals surface area contributed by atoms with Gasteiger partial charge in [-0.1, -0.05) is 29.8 Å². The first-order valence-electron chi connectivity index (χ1n) is 4.32. The maximum Gasteiger partial charge on any atom is 0.222 e. The molecular formula is C10H8Cl2N2. The van der Waals surface area contributed by atoms with Gasteiger partial charge in [0, 0.05) is 0 Å². The number of aromatic nitrogens is 2. The van der Waals surface area contributed by atoms with Gasteiger partial charge in [-0.25, -0.2) is 9.97 Å². The van der Waals surface area contributed by atoms with Crippen LogP contribution < -0.4 is 0 Å². The third-order valence-electron chi connectivity index (χ3n) is 1.98. The molecule has 0 saturated carbocycles. The standard InChI is InChI=1S/C10H8Cl2N2/c11-8-6-13-10(12)14-9(8)7-4-2-1-3-5-7/h2,4-6H,1,3H2. The van der Waals surface area contributed by atoms with Gasteiger partial charge in [0.15, 0.2) is 0 Å². The van der Waals surface area contributed by atoms with E-state index in [-0.39, 0.29) is 5.28 Å². The Kier molecular flexibility index (Phi) is 2.85. The Morgan fingerprint density at radius 2 is 2.07 bits per heavy atom. The molecule has 1 aliphatic carbocycles. The average Bonchev–Trinajstić information content (AvgIpc) is 2.23. The molecule has 0 atom stereocenters. The van der Waals surface area contributed by atoms with Crippen LogP contribution in [0.2, 0.25) is 10.3 Å². The highest BCUT2D eigenvalue weighted by molar-refractivity contribution is 6.33. The van der Waals surface area contributed by atoms with E-state index >= 15 is 0 Å². The van der Waals surface area contributed by atoms with Gasteiger partial charge in [-0.2, -0.15) is 0 Å². The molecule has 2 nitrogen and oxygen atoms in total. The summed E-state index contributed by atoms with van der Waals surface area (Å²) in [4.78, 5) is 7.90. The third-order valence-corrected chi connectivity index (χ3v) is 2.44. The predicted octanol–water partition coefficient (Wildman–Crippen LogP) is 3.52. The lowest BCUT2D eigenvalue weighted by Crippen LogP contribution is -1.93. The van der Waals surface area contributed by atoms with Crippen molar-refractivity contribution in [2.45, 2.75) is 12.8 Å². The van der Waals surface area contributed by atoms with Crippen LogP contribution in [0, 0.1) is 0 Å². The monoisotopic (exact) mass is 226 g/mol. The van der Waals surface area contributed by atoms with E-state index in [0.29, 0.717) is 10.7 Å². The van der Waals surface area contributed by atoms with E-state index < -0.39 is 0 Å². The number of halogens is 2. The molecule has 0 aliphatic heterocycles. The number of hydrogen-bond donors (Lipinski definition) is 0. The SMILES string of the molecule is Clc1ncc(Cl)c(C2=CCCC=C2)n1. The molecule has 0 fully saturated rings. The lowest BCUT2D eigenvalue weighted by Gasteiger charge is -2.07. The van der Waals surface area contributed by atoms with Gasteiger partial charge in [0.1, 0.15) is 0 Å². The first kappa shape index (κ1) is 9.69. The minimum absolute atomic E-state index is 0.226. The average molecular weight is 227 g/mol. The first-order chi connectivity index (χ1) is 6.77. The minimum atomic E-state index is 0.226. The molecule has 0 amide bonds. The van der Waals surface area contributed by atoms with Crippen LogP contribution in [-0.2, 0) is 0 Å². The molecule has 0 bridgehead atoms. The van der Waals surface area contributed by atoms with Crippen molar-refractivity contribution in [3.8, 4) is 0 Å². The van der Waals surface area contributed by atoms with Crippen LogP contribution in [0.3, 0.4) is 0 Å². The highest BCUT2D eigenvalue weighted by atomic mass is 35.5. The Morgan fingerprint density at radius 1 is 1.21 bits per heavy atom. The molecule has 0 unspecified atom stereocenters. The molecule has 1 heterocycles. The smallest absolute Gasteiger partial charge is 0.222 e. The van der Waals surface area contributed by atoms with Crippen molar-refractivity contribution in [2.24, 2.45) is 0 Å². The van der Waals surface area contributed by atoms with Gasteiger partial charge in [0.25, 0.3) is 0 Å². The Labute approximate surface area is 92.3 Å². The maximum atomic E-state index is 5.97. The van der Waals surface area contributed by atoms with E-state index in [1.807, 2.05) is 6.08 Å². The number of nitrogens with zero attached hydrogens (tertiary/aromatic N) is 2. The van der Waals surface area contributed by atoms with Gasteiger partial charge in [-0.3, -0.25) is 0 Å². The largest absolute Gasteiger partial charge is 0.225 e. The lowest BCUT2D eigenvalue weighted by atomic mass is 10.0. The normalized spacial score (nSPS) is 15.4. The van der Waals surface area contributed by atoms with Crippen LogP contribution in [0.1, 0.15) is 18.5 Å². The molecule has 0 radical (unpaired) electrons. The minimum Gasteiger partial charge on any atom is -0.225 e. The van der Waals surface area contributed by atoms with Crippen LogP contribution in [0.25, 0.3) is 5.57 Å². The summed E-state index contributed by atoms with van der Waals surface area (Å²) in [7, 11) is 0. The van der Waals surface area contributed by atoms with Crippen molar-refractivity contribution in [3.63, 3.8) is 0 Å². The van der Waals surface area contributed by atoms with E-state index in [1.54, 1.807) is 0 Å². The summed E-state index contributed by atoms with van der Waals surface area (Å²) in [5.41, 5.74) is 1.73. The van der Waals surface area contributed by atoms with Crippen molar-refractivity contribution < 1.29 is 0 Å². The van der Waals surface area contributed by atoms with Crippen molar-refractivity contribution in [1.29, 1.82) is 0 Å². The summed E-state index contributed by atoms with van der Waals surface area (Å²) in [6, 6.07) is 0. The molecule has 72 valence electrons. The maximum absolute atomic E-state index is 5.97. The molecule has 0 aromatic carbocycles. The predicted molar refractivity (Wildman–Crippen MR) is 58.4 cm³/mol. The van der Waals surface area contributed by atoms with E-state index in [2.05, 4.69) is 22.1 Å². The molecular weight excluding hydrogens is 219 g/mol. The molecule has 0 spiro atoms. The zero-order valence-electron chi connectivity index (χ0n) is 7.37. The van der Waals surface area contributed by atoms with Gasteiger partial charge in [0.05, 0.1) is 16.9 Å². The summed E-state index contributed by atoms with van der Waals surface area (Å²) >= 11 is 11.7. The van der Waals surface area contributed by atoms with Gasteiger partial charge in [-0.05, 0) is 30.0 Å². The van der Waals surface area contributed by atoms with Crippen LogP contribution >= 0.6 is 23.2 Å². The van der Waals surface area contributed by atoms with Crippen LogP contribution in [0.4, 0.5) is 0 Å². The second-order valence-corrected chi connectivity index (χ2v) is 3.72. The summed E-state index contributed by atoms with van der Waals surface area (Å²) in [6.45, 7) is 0. The van der Waals surface area contributed by atoms with Crippen molar-refractivity contribution >= 4 is 28.8 Å². The van der Waals surface area contributed by atoms with Crippen LogP contribution in [0.5, 0.6) is 0 Å². The van der Waals surface area contributed by atoms with Gasteiger partial charge < -0.3 is 0 Å². The topological polar surface area (TPSA) is 25.8 Å². The highest BCUT2D eigenvalue weighted by Gasteiger charge is 2.08. The first-order valence-corrected chi connectivity index (χ1v) is 5.08. The molecule has 1 aliphatic rings. The molecule has 14 heavy (non-hydrogen) atoms. The van der Waals surface area contributed by atoms with Crippen molar-refractivity contribution in [3.05, 3.63) is 40.4 Å². The Bertz CT molecular complexity index is 411. The molecule has 2 rings (SSSR count). The number of allylic oxidation sites excluding steroid dienone is 4. The molecule has 1 aromatic rings. The van der Waals surface area contributed by atoms with Gasteiger partial charge in [0.2, 0.25) is 5.28 Å². The Balaban J connectivity index is 2.44. The summed E-state index contributed by atoms with van der Waals surface area (Å²) in [6.07, 6.45) is 9.82. The summed E-state index contributed by atoms with van der Waals surface area (Å²) < 4.78 is 0. The summed E-state index contributed by atoms with van der Waals surface area (Å²) in [5, 5.41) is 0.761. The third kappa shape index (κ3) is 1.97. The molecule has 4 heteroatoms. The van der Waals surface area contributed by atoms with Crippen molar-refractivity contribution in [1.82, 2.24) is 9.97 Å². The Hall–Kier alpha value is -0.860. The van der Waals surface area contributed by atoms with E-state index in [9.17, 15) is 0 Å². The second kappa shape index (κ2) is 4.11. The number of rotatable bonds is 1. The van der Waals surface area contributed by atoms with Crippen molar-refractivity contribution in [2.75, 3.05) is 0 Å². The second-order valence-electron chi connectivity index (χ2n) is 2.97. The fourth-order valence-corrected chi connectivity index (χ4v) is 1.67.